The highest BCUT2D eigenvalue weighted by Crippen LogP contribution is 2.17. The van der Waals surface area contributed by atoms with Crippen molar-refractivity contribution < 1.29 is 4.52 Å². The van der Waals surface area contributed by atoms with Crippen molar-refractivity contribution in [2.75, 3.05) is 6.54 Å². The Hall–Kier alpha value is -0.940. The summed E-state index contributed by atoms with van der Waals surface area (Å²) in [5, 5.41) is 3.98. The average Bonchev–Trinajstić information content (AvgIpc) is 2.70. The van der Waals surface area contributed by atoms with Gasteiger partial charge in [-0.1, -0.05) is 12.1 Å². The Morgan fingerprint density at radius 3 is 3.00 bits per heavy atom. The molecule has 0 aromatic carbocycles. The summed E-state index contributed by atoms with van der Waals surface area (Å²) in [6, 6.07) is 0.857. The second kappa shape index (κ2) is 4.93. The number of piperidine rings is 1. The Balaban J connectivity index is 1.93. The number of hydrogen-bond acceptors (Lipinski definition) is 5. The lowest BCUT2D eigenvalue weighted by molar-refractivity contribution is 0.135. The summed E-state index contributed by atoms with van der Waals surface area (Å²) >= 11 is 0. The van der Waals surface area contributed by atoms with E-state index in [0.29, 0.717) is 12.1 Å². The van der Waals surface area contributed by atoms with Crippen LogP contribution in [-0.2, 0) is 13.0 Å². The van der Waals surface area contributed by atoms with Gasteiger partial charge in [-0.25, -0.2) is 0 Å². The minimum absolute atomic E-state index is 0.350. The van der Waals surface area contributed by atoms with Crippen LogP contribution in [0.25, 0.3) is 0 Å². The Kier molecular flexibility index (Phi) is 3.56. The van der Waals surface area contributed by atoms with Crippen molar-refractivity contribution in [1.29, 1.82) is 0 Å². The van der Waals surface area contributed by atoms with E-state index in [2.05, 4.69) is 22.0 Å². The van der Waals surface area contributed by atoms with Gasteiger partial charge in [0.1, 0.15) is 0 Å². The second-order valence-corrected chi connectivity index (χ2v) is 4.56. The predicted molar refractivity (Wildman–Crippen MR) is 60.8 cm³/mol. The molecule has 1 aliphatic heterocycles. The first-order chi connectivity index (χ1) is 7.69. The van der Waals surface area contributed by atoms with Crippen molar-refractivity contribution in [3.05, 3.63) is 11.7 Å². The van der Waals surface area contributed by atoms with Crippen LogP contribution in [0.5, 0.6) is 0 Å². The van der Waals surface area contributed by atoms with E-state index in [1.807, 2.05) is 6.92 Å². The molecule has 1 aliphatic rings. The minimum Gasteiger partial charge on any atom is -0.339 e. The maximum atomic E-state index is 5.93. The number of rotatable bonds is 3. The average molecular weight is 224 g/mol. The third kappa shape index (κ3) is 2.59. The molecule has 1 saturated heterocycles. The van der Waals surface area contributed by atoms with Crippen molar-refractivity contribution in [3.63, 3.8) is 0 Å². The molecule has 0 radical (unpaired) electrons. The number of nitrogens with two attached hydrogens (primary N) is 1. The zero-order chi connectivity index (χ0) is 11.5. The molecule has 0 amide bonds. The highest BCUT2D eigenvalue weighted by atomic mass is 16.5. The summed E-state index contributed by atoms with van der Waals surface area (Å²) in [6.45, 7) is 6.02. The quantitative estimate of drug-likeness (QED) is 0.827. The highest BCUT2D eigenvalue weighted by Gasteiger charge is 2.24. The number of likely N-dealkylation sites (tertiary alicyclic amines) is 1. The zero-order valence-corrected chi connectivity index (χ0v) is 10.0. The van der Waals surface area contributed by atoms with Gasteiger partial charge in [0.05, 0.1) is 6.54 Å². The molecule has 1 fully saturated rings. The molecule has 16 heavy (non-hydrogen) atoms. The molecule has 0 bridgehead atoms. The number of aromatic nitrogens is 2. The van der Waals surface area contributed by atoms with Gasteiger partial charge in [0.2, 0.25) is 5.89 Å². The van der Waals surface area contributed by atoms with Gasteiger partial charge in [-0.15, -0.1) is 0 Å². The normalized spacial score (nSPS) is 27.2. The van der Waals surface area contributed by atoms with Gasteiger partial charge in [0, 0.05) is 25.0 Å². The first-order valence-corrected chi connectivity index (χ1v) is 6.00. The lowest BCUT2D eigenvalue weighted by Gasteiger charge is -2.35. The maximum absolute atomic E-state index is 5.93. The van der Waals surface area contributed by atoms with Crippen LogP contribution in [0.1, 0.15) is 38.4 Å². The Labute approximate surface area is 96.0 Å². The van der Waals surface area contributed by atoms with E-state index in [-0.39, 0.29) is 0 Å². The molecule has 0 aliphatic carbocycles. The van der Waals surface area contributed by atoms with Gasteiger partial charge >= 0.3 is 0 Å². The summed E-state index contributed by atoms with van der Waals surface area (Å²) in [5.41, 5.74) is 5.93. The van der Waals surface area contributed by atoms with E-state index >= 15 is 0 Å². The third-order valence-corrected chi connectivity index (χ3v) is 3.21. The molecule has 2 N–H and O–H groups in total. The van der Waals surface area contributed by atoms with Crippen molar-refractivity contribution in [2.24, 2.45) is 5.73 Å². The fourth-order valence-corrected chi connectivity index (χ4v) is 2.17. The Morgan fingerprint density at radius 2 is 2.38 bits per heavy atom. The highest BCUT2D eigenvalue weighted by molar-refractivity contribution is 4.89. The van der Waals surface area contributed by atoms with Crippen molar-refractivity contribution in [2.45, 2.75) is 51.7 Å². The summed E-state index contributed by atoms with van der Waals surface area (Å²) < 4.78 is 5.10. The second-order valence-electron chi connectivity index (χ2n) is 4.56. The van der Waals surface area contributed by atoms with E-state index in [1.165, 1.54) is 0 Å². The van der Waals surface area contributed by atoms with E-state index in [9.17, 15) is 0 Å². The first-order valence-electron chi connectivity index (χ1n) is 6.00. The van der Waals surface area contributed by atoms with Crippen molar-refractivity contribution >= 4 is 0 Å². The van der Waals surface area contributed by atoms with Crippen LogP contribution in [0.15, 0.2) is 4.52 Å². The summed E-state index contributed by atoms with van der Waals surface area (Å²) in [4.78, 5) is 6.69. The third-order valence-electron chi connectivity index (χ3n) is 3.21. The topological polar surface area (TPSA) is 68.2 Å². The van der Waals surface area contributed by atoms with E-state index in [1.54, 1.807) is 0 Å². The summed E-state index contributed by atoms with van der Waals surface area (Å²) in [5.74, 6) is 1.51. The van der Waals surface area contributed by atoms with E-state index in [4.69, 9.17) is 10.3 Å². The molecule has 2 rings (SSSR count). The van der Waals surface area contributed by atoms with Crippen molar-refractivity contribution in [1.82, 2.24) is 15.0 Å². The van der Waals surface area contributed by atoms with Crippen molar-refractivity contribution in [3.8, 4) is 0 Å². The van der Waals surface area contributed by atoms with Crippen LogP contribution >= 0.6 is 0 Å². The Morgan fingerprint density at radius 1 is 1.56 bits per heavy atom. The molecule has 1 aromatic heterocycles. The number of hydrogen-bond donors (Lipinski definition) is 1. The molecule has 1 aromatic rings. The predicted octanol–water partition coefficient (Wildman–Crippen LogP) is 0.944. The van der Waals surface area contributed by atoms with Gasteiger partial charge in [-0.05, 0) is 19.8 Å². The smallest absolute Gasteiger partial charge is 0.226 e. The van der Waals surface area contributed by atoms with Gasteiger partial charge in [-0.3, -0.25) is 4.90 Å². The summed E-state index contributed by atoms with van der Waals surface area (Å²) in [6.07, 6.45) is 2.91. The number of aryl methyl sites for hydroxylation is 1. The van der Waals surface area contributed by atoms with Crippen LogP contribution in [0.3, 0.4) is 0 Å². The standard InChI is InChI=1S/C11H20N4O/c1-3-11-13-10(14-16-11)7-15-5-4-9(12)6-8(15)2/h8-9H,3-7,12H2,1-2H3. The molecule has 0 spiro atoms. The van der Waals surface area contributed by atoms with Gasteiger partial charge in [0.15, 0.2) is 5.82 Å². The molecule has 90 valence electrons. The lowest BCUT2D eigenvalue weighted by Crippen LogP contribution is -2.45. The molecular formula is C11H20N4O. The van der Waals surface area contributed by atoms with Crippen LogP contribution in [0.4, 0.5) is 0 Å². The van der Waals surface area contributed by atoms with Crippen LogP contribution in [0, 0.1) is 0 Å². The number of nitrogens with zero attached hydrogens (tertiary/aromatic N) is 3. The molecule has 2 heterocycles. The molecule has 2 unspecified atom stereocenters. The molecule has 0 saturated carbocycles. The summed E-state index contributed by atoms with van der Waals surface area (Å²) in [7, 11) is 0. The van der Waals surface area contributed by atoms with Gasteiger partial charge < -0.3 is 10.3 Å². The monoisotopic (exact) mass is 224 g/mol. The first kappa shape index (κ1) is 11.5. The minimum atomic E-state index is 0.350. The fraction of sp³-hybridized carbons (Fsp3) is 0.818. The largest absolute Gasteiger partial charge is 0.339 e. The van der Waals surface area contributed by atoms with Crippen LogP contribution in [0.2, 0.25) is 0 Å². The zero-order valence-electron chi connectivity index (χ0n) is 10.0. The fourth-order valence-electron chi connectivity index (χ4n) is 2.17. The molecule has 5 nitrogen and oxygen atoms in total. The van der Waals surface area contributed by atoms with Crippen LogP contribution < -0.4 is 5.73 Å². The molecule has 5 heteroatoms. The van der Waals surface area contributed by atoms with Gasteiger partial charge in [-0.2, -0.15) is 4.98 Å². The molecule has 2 atom stereocenters. The SMILES string of the molecule is CCc1nc(CN2CCC(N)CC2C)no1. The van der Waals surface area contributed by atoms with E-state index in [0.717, 1.165) is 44.1 Å². The van der Waals surface area contributed by atoms with Gasteiger partial charge in [0.25, 0.3) is 0 Å². The van der Waals surface area contributed by atoms with E-state index < -0.39 is 0 Å². The Bertz CT molecular complexity index is 338. The maximum Gasteiger partial charge on any atom is 0.226 e. The van der Waals surface area contributed by atoms with Crippen LogP contribution in [-0.4, -0.2) is 33.7 Å². The molecular weight excluding hydrogens is 204 g/mol. The lowest BCUT2D eigenvalue weighted by atomic mass is 9.99.